The summed E-state index contributed by atoms with van der Waals surface area (Å²) < 4.78 is 50.5. The van der Waals surface area contributed by atoms with Crippen LogP contribution in [0.4, 0.5) is 23.5 Å². The highest BCUT2D eigenvalue weighted by molar-refractivity contribution is 5.95. The van der Waals surface area contributed by atoms with E-state index in [0.717, 1.165) is 18.8 Å². The molecule has 0 aliphatic heterocycles. The first kappa shape index (κ1) is 19.5. The summed E-state index contributed by atoms with van der Waals surface area (Å²) in [5, 5.41) is 3.07. The number of carbonyl (C=O) groups excluding carboxylic acids is 2. The van der Waals surface area contributed by atoms with Crippen LogP contribution in [0, 0.1) is 5.82 Å². The van der Waals surface area contributed by atoms with Crippen LogP contribution < -0.4 is 16.2 Å². The van der Waals surface area contributed by atoms with Gasteiger partial charge < -0.3 is 5.32 Å². The van der Waals surface area contributed by atoms with Crippen LogP contribution in [0.1, 0.15) is 35.2 Å². The summed E-state index contributed by atoms with van der Waals surface area (Å²) in [4.78, 5) is 30.4. The quantitative estimate of drug-likeness (QED) is 0.544. The van der Waals surface area contributed by atoms with Crippen molar-refractivity contribution in [3.8, 4) is 0 Å². The van der Waals surface area contributed by atoms with E-state index in [1.807, 2.05) is 0 Å². The molecular weight excluding hydrogens is 382 g/mol. The number of nitrogens with one attached hydrogen (secondary N) is 3. The van der Waals surface area contributed by atoms with Crippen molar-refractivity contribution < 1.29 is 27.2 Å². The van der Waals surface area contributed by atoms with Gasteiger partial charge in [-0.1, -0.05) is 18.2 Å². The number of hydrogen-bond donors (Lipinski definition) is 3. The Labute approximate surface area is 156 Å². The fraction of sp³-hybridized carbons (Fsp3) is 0.294. The van der Waals surface area contributed by atoms with Crippen LogP contribution in [0.15, 0.2) is 36.7 Å². The highest BCUT2D eigenvalue weighted by atomic mass is 19.4. The molecule has 0 radical (unpaired) electrons. The topological polar surface area (TPSA) is 96.0 Å². The zero-order valence-corrected chi connectivity index (χ0v) is 14.3. The molecule has 2 aromatic rings. The number of rotatable bonds is 4. The number of benzene rings is 1. The molecule has 148 valence electrons. The lowest BCUT2D eigenvalue weighted by Crippen LogP contribution is -2.47. The Kier molecular flexibility index (Phi) is 5.16. The highest BCUT2D eigenvalue weighted by Gasteiger charge is 2.41. The van der Waals surface area contributed by atoms with Gasteiger partial charge in [0.15, 0.2) is 0 Å². The maximum absolute atomic E-state index is 14.2. The van der Waals surface area contributed by atoms with Gasteiger partial charge in [-0.05, 0) is 25.3 Å². The number of aromatic nitrogens is 2. The average Bonchev–Trinajstić information content (AvgIpc) is 2.63. The maximum Gasteiger partial charge on any atom is 0.472 e. The number of carbonyl (C=O) groups is 2. The number of amides is 2. The van der Waals surface area contributed by atoms with Crippen LogP contribution in [-0.4, -0.2) is 28.0 Å². The third-order valence-electron chi connectivity index (χ3n) is 4.41. The number of nitrogens with zero attached hydrogens (tertiary/aromatic N) is 2. The van der Waals surface area contributed by atoms with E-state index in [4.69, 9.17) is 0 Å². The Hall–Kier alpha value is -3.24. The van der Waals surface area contributed by atoms with E-state index in [-0.39, 0.29) is 17.3 Å². The van der Waals surface area contributed by atoms with Crippen molar-refractivity contribution in [1.29, 1.82) is 0 Å². The zero-order chi connectivity index (χ0) is 20.4. The molecule has 1 aliphatic rings. The second kappa shape index (κ2) is 7.41. The Morgan fingerprint density at radius 3 is 2.21 bits per heavy atom. The molecule has 28 heavy (non-hydrogen) atoms. The van der Waals surface area contributed by atoms with Gasteiger partial charge in [-0.25, -0.2) is 14.4 Å². The Morgan fingerprint density at radius 2 is 1.68 bits per heavy atom. The molecule has 1 fully saturated rings. The fourth-order valence-corrected chi connectivity index (χ4v) is 2.82. The molecule has 1 aromatic carbocycles. The second-order valence-electron chi connectivity index (χ2n) is 6.24. The van der Waals surface area contributed by atoms with Crippen LogP contribution in [0.25, 0.3) is 0 Å². The third-order valence-corrected chi connectivity index (χ3v) is 4.41. The number of alkyl halides is 3. The van der Waals surface area contributed by atoms with E-state index in [1.54, 1.807) is 23.6 Å². The van der Waals surface area contributed by atoms with Crippen molar-refractivity contribution in [1.82, 2.24) is 20.8 Å². The summed E-state index contributed by atoms with van der Waals surface area (Å²) in [5.41, 5.74) is 2.53. The van der Waals surface area contributed by atoms with Crippen molar-refractivity contribution in [2.75, 3.05) is 5.32 Å². The van der Waals surface area contributed by atoms with Crippen LogP contribution in [-0.2, 0) is 10.3 Å². The van der Waals surface area contributed by atoms with Gasteiger partial charge in [0.25, 0.3) is 5.91 Å². The van der Waals surface area contributed by atoms with Crippen molar-refractivity contribution >= 4 is 17.8 Å². The van der Waals surface area contributed by atoms with Crippen molar-refractivity contribution in [2.45, 2.75) is 31.0 Å². The van der Waals surface area contributed by atoms with Crippen molar-refractivity contribution in [3.05, 3.63) is 53.6 Å². The van der Waals surface area contributed by atoms with Gasteiger partial charge >= 0.3 is 12.1 Å². The van der Waals surface area contributed by atoms with E-state index < -0.39 is 23.5 Å². The molecule has 0 atom stereocenters. The predicted molar refractivity (Wildman–Crippen MR) is 89.2 cm³/mol. The zero-order valence-electron chi connectivity index (χ0n) is 14.3. The number of halogens is 4. The van der Waals surface area contributed by atoms with E-state index in [9.17, 15) is 27.2 Å². The lowest BCUT2D eigenvalue weighted by Gasteiger charge is -2.43. The second-order valence-corrected chi connectivity index (χ2v) is 6.24. The summed E-state index contributed by atoms with van der Waals surface area (Å²) in [5.74, 6) is -3.54. The predicted octanol–water partition coefficient (Wildman–Crippen LogP) is 2.43. The molecule has 0 unspecified atom stereocenters. The highest BCUT2D eigenvalue weighted by Crippen LogP contribution is 2.44. The Balaban J connectivity index is 1.67. The van der Waals surface area contributed by atoms with Gasteiger partial charge in [0.2, 0.25) is 5.95 Å². The summed E-state index contributed by atoms with van der Waals surface area (Å²) in [6, 6.07) is 6.35. The van der Waals surface area contributed by atoms with Crippen LogP contribution in [0.5, 0.6) is 0 Å². The van der Waals surface area contributed by atoms with Gasteiger partial charge in [0, 0.05) is 18.0 Å². The van der Waals surface area contributed by atoms with Crippen LogP contribution in [0.2, 0.25) is 0 Å². The molecule has 2 amide bonds. The summed E-state index contributed by atoms with van der Waals surface area (Å²) >= 11 is 0. The van der Waals surface area contributed by atoms with E-state index >= 15 is 0 Å². The minimum atomic E-state index is -5.12. The molecule has 3 rings (SSSR count). The first-order valence-corrected chi connectivity index (χ1v) is 8.24. The van der Waals surface area contributed by atoms with E-state index in [2.05, 4.69) is 15.3 Å². The van der Waals surface area contributed by atoms with Gasteiger partial charge in [-0.3, -0.25) is 20.4 Å². The van der Waals surface area contributed by atoms with Gasteiger partial charge in [0.05, 0.1) is 11.1 Å². The smallest absolute Gasteiger partial charge is 0.345 e. The minimum Gasteiger partial charge on any atom is -0.345 e. The molecule has 11 heteroatoms. The Morgan fingerprint density at radius 1 is 1.04 bits per heavy atom. The molecule has 1 heterocycles. The molecular formula is C17H15F4N5O2. The first-order valence-electron chi connectivity index (χ1n) is 8.24. The average molecular weight is 397 g/mol. The fourth-order valence-electron chi connectivity index (χ4n) is 2.82. The number of hydrogen-bond acceptors (Lipinski definition) is 5. The Bertz CT molecular complexity index is 882. The number of hydrazine groups is 1. The first-order chi connectivity index (χ1) is 13.2. The molecule has 7 nitrogen and oxygen atoms in total. The molecule has 1 aromatic heterocycles. The lowest BCUT2D eigenvalue weighted by atomic mass is 9.71. The van der Waals surface area contributed by atoms with E-state index in [1.165, 1.54) is 11.5 Å². The standard InChI is InChI=1S/C17H15F4N5O2/c18-12-5-2-1-4-11(12)16(6-3-7-16)24-15-22-8-10(9-23-15)13(27)25-26-14(28)17(19,20)21/h1-2,4-5,8-9H,3,6-7H2,(H,25,27)(H,26,28)(H,22,23,24). The molecule has 3 N–H and O–H groups in total. The molecule has 1 saturated carbocycles. The molecule has 0 saturated heterocycles. The van der Waals surface area contributed by atoms with Gasteiger partial charge in [-0.2, -0.15) is 13.2 Å². The summed E-state index contributed by atoms with van der Waals surface area (Å²) in [6.07, 6.45) is -0.732. The monoisotopic (exact) mass is 397 g/mol. The van der Waals surface area contributed by atoms with Crippen molar-refractivity contribution in [3.63, 3.8) is 0 Å². The maximum atomic E-state index is 14.2. The SMILES string of the molecule is O=C(NNC(=O)C(F)(F)F)c1cnc(NC2(c3ccccc3F)CCC2)nc1. The van der Waals surface area contributed by atoms with E-state index in [0.29, 0.717) is 18.4 Å². The summed E-state index contributed by atoms with van der Waals surface area (Å²) in [7, 11) is 0. The van der Waals surface area contributed by atoms with Gasteiger partial charge in [0.1, 0.15) is 5.82 Å². The third kappa shape index (κ3) is 4.02. The normalized spacial score (nSPS) is 15.3. The van der Waals surface area contributed by atoms with Gasteiger partial charge in [-0.15, -0.1) is 0 Å². The number of anilines is 1. The lowest BCUT2D eigenvalue weighted by molar-refractivity contribution is -0.174. The van der Waals surface area contributed by atoms with Crippen molar-refractivity contribution in [2.24, 2.45) is 0 Å². The van der Waals surface area contributed by atoms with Crippen LogP contribution >= 0.6 is 0 Å². The minimum absolute atomic E-state index is 0.138. The molecule has 0 spiro atoms. The molecule has 1 aliphatic carbocycles. The summed E-state index contributed by atoms with van der Waals surface area (Å²) in [6.45, 7) is 0. The largest absolute Gasteiger partial charge is 0.472 e. The van der Waals surface area contributed by atoms with Crippen LogP contribution in [0.3, 0.4) is 0 Å². The molecule has 0 bridgehead atoms.